The highest BCUT2D eigenvalue weighted by atomic mass is 16.3. The van der Waals surface area contributed by atoms with Gasteiger partial charge in [0.2, 0.25) is 0 Å². The van der Waals surface area contributed by atoms with Crippen LogP contribution in [-0.4, -0.2) is 27.2 Å². The molecule has 0 aliphatic heterocycles. The summed E-state index contributed by atoms with van der Waals surface area (Å²) in [7, 11) is 0. The Labute approximate surface area is 82.4 Å². The van der Waals surface area contributed by atoms with Crippen LogP contribution in [0.5, 0.6) is 0 Å². The molecule has 0 atom stereocenters. The van der Waals surface area contributed by atoms with Gasteiger partial charge in [-0.3, -0.25) is 0 Å². The van der Waals surface area contributed by atoms with Gasteiger partial charge in [-0.15, -0.1) is 0 Å². The number of nitrogens with two attached hydrogens (primary N) is 1. The Morgan fingerprint density at radius 2 is 2.21 bits per heavy atom. The lowest BCUT2D eigenvalue weighted by atomic mass is 9.89. The maximum Gasteiger partial charge on any atom is 0.132 e. The van der Waals surface area contributed by atoms with Crippen molar-refractivity contribution >= 4 is 11.6 Å². The Kier molecular flexibility index (Phi) is 2.25. The van der Waals surface area contributed by atoms with Crippen molar-refractivity contribution in [3.8, 4) is 0 Å². The SMILES string of the molecule is Cc1nc(N)cc(NC2CC(O)C2)n1. The molecule has 5 heteroatoms. The van der Waals surface area contributed by atoms with Gasteiger partial charge in [-0.1, -0.05) is 0 Å². The molecule has 1 heterocycles. The molecule has 1 fully saturated rings. The highest BCUT2D eigenvalue weighted by molar-refractivity contribution is 5.45. The summed E-state index contributed by atoms with van der Waals surface area (Å²) in [5.74, 6) is 1.87. The molecule has 5 nitrogen and oxygen atoms in total. The average molecular weight is 194 g/mol. The van der Waals surface area contributed by atoms with E-state index in [0.717, 1.165) is 18.7 Å². The average Bonchev–Trinajstić information content (AvgIpc) is 1.99. The third kappa shape index (κ3) is 1.93. The molecule has 1 aliphatic carbocycles. The second-order valence-corrected chi connectivity index (χ2v) is 3.69. The van der Waals surface area contributed by atoms with Crippen LogP contribution in [0, 0.1) is 6.92 Å². The summed E-state index contributed by atoms with van der Waals surface area (Å²) in [4.78, 5) is 8.17. The predicted molar refractivity (Wildman–Crippen MR) is 53.8 cm³/mol. The smallest absolute Gasteiger partial charge is 0.132 e. The van der Waals surface area contributed by atoms with Crippen molar-refractivity contribution in [1.29, 1.82) is 0 Å². The molecule has 1 aromatic heterocycles. The van der Waals surface area contributed by atoms with Crippen LogP contribution in [0.15, 0.2) is 6.07 Å². The zero-order valence-electron chi connectivity index (χ0n) is 8.07. The van der Waals surface area contributed by atoms with E-state index in [9.17, 15) is 0 Å². The zero-order chi connectivity index (χ0) is 10.1. The van der Waals surface area contributed by atoms with E-state index >= 15 is 0 Å². The van der Waals surface area contributed by atoms with Gasteiger partial charge in [0.25, 0.3) is 0 Å². The highest BCUT2D eigenvalue weighted by Crippen LogP contribution is 2.23. The first-order valence-corrected chi connectivity index (χ1v) is 4.69. The molecule has 0 amide bonds. The van der Waals surface area contributed by atoms with Gasteiger partial charge < -0.3 is 16.2 Å². The number of aryl methyl sites for hydroxylation is 1. The molecule has 1 saturated carbocycles. The van der Waals surface area contributed by atoms with Crippen LogP contribution in [0.25, 0.3) is 0 Å². The summed E-state index contributed by atoms with van der Waals surface area (Å²) >= 11 is 0. The largest absolute Gasteiger partial charge is 0.393 e. The van der Waals surface area contributed by atoms with Crippen LogP contribution >= 0.6 is 0 Å². The minimum atomic E-state index is -0.159. The van der Waals surface area contributed by atoms with Crippen molar-refractivity contribution in [3.05, 3.63) is 11.9 Å². The molecule has 0 bridgehead atoms. The molecule has 0 saturated heterocycles. The standard InChI is InChI=1S/C9H14N4O/c1-5-11-8(10)4-9(12-5)13-6-2-7(14)3-6/h4,6-7,14H,2-3H2,1H3,(H3,10,11,12,13). The fraction of sp³-hybridized carbons (Fsp3) is 0.556. The Balaban J connectivity index is 2.02. The third-order valence-corrected chi connectivity index (χ3v) is 2.32. The number of nitrogen functional groups attached to an aromatic ring is 1. The Bertz CT molecular complexity index is 315. The Morgan fingerprint density at radius 3 is 2.79 bits per heavy atom. The van der Waals surface area contributed by atoms with Gasteiger partial charge in [0.1, 0.15) is 17.5 Å². The van der Waals surface area contributed by atoms with Gasteiger partial charge in [-0.05, 0) is 19.8 Å². The van der Waals surface area contributed by atoms with E-state index in [0.29, 0.717) is 17.7 Å². The molecule has 1 aliphatic rings. The molecule has 1 aromatic rings. The van der Waals surface area contributed by atoms with Crippen molar-refractivity contribution in [2.24, 2.45) is 0 Å². The topological polar surface area (TPSA) is 84.1 Å². The number of rotatable bonds is 2. The first-order valence-electron chi connectivity index (χ1n) is 4.69. The number of aliphatic hydroxyl groups excluding tert-OH is 1. The molecule has 14 heavy (non-hydrogen) atoms. The minimum absolute atomic E-state index is 0.159. The van der Waals surface area contributed by atoms with Crippen LogP contribution in [0.4, 0.5) is 11.6 Å². The van der Waals surface area contributed by atoms with Crippen molar-refractivity contribution in [1.82, 2.24) is 9.97 Å². The molecular formula is C9H14N4O. The van der Waals surface area contributed by atoms with E-state index in [1.165, 1.54) is 0 Å². The first-order chi connectivity index (χ1) is 6.63. The van der Waals surface area contributed by atoms with Gasteiger partial charge in [-0.25, -0.2) is 9.97 Å². The van der Waals surface area contributed by atoms with E-state index in [4.69, 9.17) is 10.8 Å². The lowest BCUT2D eigenvalue weighted by Gasteiger charge is -2.32. The lowest BCUT2D eigenvalue weighted by molar-refractivity contribution is 0.0835. The number of aliphatic hydroxyl groups is 1. The summed E-state index contributed by atoms with van der Waals surface area (Å²) in [6.45, 7) is 1.80. The second kappa shape index (κ2) is 3.42. The van der Waals surface area contributed by atoms with Gasteiger partial charge in [0.15, 0.2) is 0 Å². The highest BCUT2D eigenvalue weighted by Gasteiger charge is 2.27. The molecule has 0 aromatic carbocycles. The quantitative estimate of drug-likeness (QED) is 0.630. The summed E-state index contributed by atoms with van der Waals surface area (Å²) in [5.41, 5.74) is 5.58. The Morgan fingerprint density at radius 1 is 1.50 bits per heavy atom. The van der Waals surface area contributed by atoms with Crippen LogP contribution in [0.3, 0.4) is 0 Å². The predicted octanol–water partition coefficient (Wildman–Crippen LogP) is 0.302. The number of hydrogen-bond donors (Lipinski definition) is 3. The number of nitrogens with zero attached hydrogens (tertiary/aromatic N) is 2. The normalized spacial score (nSPS) is 25.6. The summed E-state index contributed by atoms with van der Waals surface area (Å²) < 4.78 is 0. The maximum atomic E-state index is 9.11. The van der Waals surface area contributed by atoms with E-state index in [2.05, 4.69) is 15.3 Å². The molecule has 4 N–H and O–H groups in total. The van der Waals surface area contributed by atoms with E-state index in [-0.39, 0.29) is 6.10 Å². The van der Waals surface area contributed by atoms with Crippen LogP contribution in [0.1, 0.15) is 18.7 Å². The van der Waals surface area contributed by atoms with Crippen molar-refractivity contribution in [3.63, 3.8) is 0 Å². The maximum absolute atomic E-state index is 9.11. The molecule has 0 unspecified atom stereocenters. The summed E-state index contributed by atoms with van der Waals surface area (Å²) in [6, 6.07) is 2.02. The Hall–Kier alpha value is -1.36. The second-order valence-electron chi connectivity index (χ2n) is 3.69. The minimum Gasteiger partial charge on any atom is -0.393 e. The number of nitrogens with one attached hydrogen (secondary N) is 1. The van der Waals surface area contributed by atoms with Gasteiger partial charge in [0, 0.05) is 12.1 Å². The van der Waals surface area contributed by atoms with Gasteiger partial charge in [0.05, 0.1) is 6.10 Å². The zero-order valence-corrected chi connectivity index (χ0v) is 8.07. The number of aromatic nitrogens is 2. The van der Waals surface area contributed by atoms with Crippen LogP contribution in [0.2, 0.25) is 0 Å². The molecule has 0 spiro atoms. The van der Waals surface area contributed by atoms with Crippen LogP contribution < -0.4 is 11.1 Å². The van der Waals surface area contributed by atoms with Crippen molar-refractivity contribution < 1.29 is 5.11 Å². The number of anilines is 2. The van der Waals surface area contributed by atoms with Crippen LogP contribution in [-0.2, 0) is 0 Å². The fourth-order valence-electron chi connectivity index (χ4n) is 1.58. The number of hydrogen-bond acceptors (Lipinski definition) is 5. The lowest BCUT2D eigenvalue weighted by Crippen LogP contribution is -2.39. The molecule has 76 valence electrons. The molecule has 2 rings (SSSR count). The monoisotopic (exact) mass is 194 g/mol. The molecular weight excluding hydrogens is 180 g/mol. The molecule has 0 radical (unpaired) electrons. The van der Waals surface area contributed by atoms with E-state index < -0.39 is 0 Å². The van der Waals surface area contributed by atoms with Gasteiger partial charge in [-0.2, -0.15) is 0 Å². The first kappa shape index (κ1) is 9.21. The summed E-state index contributed by atoms with van der Waals surface area (Å²) in [5, 5.41) is 12.3. The summed E-state index contributed by atoms with van der Waals surface area (Å²) in [6.07, 6.45) is 1.40. The van der Waals surface area contributed by atoms with E-state index in [1.807, 2.05) is 0 Å². The third-order valence-electron chi connectivity index (χ3n) is 2.32. The fourth-order valence-corrected chi connectivity index (χ4v) is 1.58. The van der Waals surface area contributed by atoms with E-state index in [1.54, 1.807) is 13.0 Å². The van der Waals surface area contributed by atoms with Crippen molar-refractivity contribution in [2.45, 2.75) is 31.9 Å². The van der Waals surface area contributed by atoms with Gasteiger partial charge >= 0.3 is 0 Å². The van der Waals surface area contributed by atoms with Crippen molar-refractivity contribution in [2.75, 3.05) is 11.1 Å².